The molecule has 0 atom stereocenters. The van der Waals surface area contributed by atoms with Crippen molar-refractivity contribution in [2.45, 2.75) is 26.2 Å². The lowest BCUT2D eigenvalue weighted by Crippen LogP contribution is -2.03. The Balaban J connectivity index is 2.30. The van der Waals surface area contributed by atoms with Gasteiger partial charge in [-0.2, -0.15) is 0 Å². The Kier molecular flexibility index (Phi) is 4.88. The molecule has 19 heavy (non-hydrogen) atoms. The first-order valence-electron chi connectivity index (χ1n) is 6.05. The molecule has 0 unspecified atom stereocenters. The summed E-state index contributed by atoms with van der Waals surface area (Å²) in [6.45, 7) is 2.08. The van der Waals surface area contributed by atoms with E-state index in [1.54, 1.807) is 6.07 Å². The molecule has 0 aliphatic rings. The van der Waals surface area contributed by atoms with Gasteiger partial charge in [0, 0.05) is 6.42 Å². The van der Waals surface area contributed by atoms with Crippen LogP contribution >= 0.6 is 27.5 Å². The van der Waals surface area contributed by atoms with Crippen molar-refractivity contribution < 1.29 is 4.39 Å². The molecule has 1 aromatic heterocycles. The van der Waals surface area contributed by atoms with Crippen LogP contribution in [0.2, 0.25) is 5.15 Å². The summed E-state index contributed by atoms with van der Waals surface area (Å²) in [6, 6.07) is 6.43. The van der Waals surface area contributed by atoms with Crippen LogP contribution in [-0.2, 0) is 12.8 Å². The molecule has 2 aromatic rings. The van der Waals surface area contributed by atoms with Gasteiger partial charge in [-0.05, 0) is 40.0 Å². The van der Waals surface area contributed by atoms with Crippen molar-refractivity contribution in [2.75, 3.05) is 0 Å². The number of benzene rings is 1. The molecular weight excluding hydrogens is 331 g/mol. The molecule has 0 aliphatic heterocycles. The molecule has 0 N–H and O–H groups in total. The second-order valence-corrected chi connectivity index (χ2v) is 5.40. The maximum absolute atomic E-state index is 13.1. The van der Waals surface area contributed by atoms with Gasteiger partial charge in [0.15, 0.2) is 0 Å². The van der Waals surface area contributed by atoms with Crippen LogP contribution in [0.15, 0.2) is 28.7 Å². The van der Waals surface area contributed by atoms with Crippen LogP contribution in [0.3, 0.4) is 0 Å². The van der Waals surface area contributed by atoms with Crippen molar-refractivity contribution in [3.63, 3.8) is 0 Å². The summed E-state index contributed by atoms with van der Waals surface area (Å²) in [5, 5.41) is 0.407. The standard InChI is InChI=1S/C14H13BrClFN2/c1-2-4-11-13(15)14(16)19-12(18-11)8-9-5-3-6-10(17)7-9/h3,5-7H,2,4,8H2,1H3. The van der Waals surface area contributed by atoms with E-state index in [9.17, 15) is 4.39 Å². The van der Waals surface area contributed by atoms with E-state index in [4.69, 9.17) is 11.6 Å². The van der Waals surface area contributed by atoms with Gasteiger partial charge in [-0.1, -0.05) is 37.1 Å². The van der Waals surface area contributed by atoms with E-state index in [0.29, 0.717) is 17.4 Å². The first kappa shape index (κ1) is 14.4. The fourth-order valence-electron chi connectivity index (χ4n) is 1.82. The Morgan fingerprint density at radius 1 is 1.32 bits per heavy atom. The maximum Gasteiger partial charge on any atom is 0.147 e. The van der Waals surface area contributed by atoms with Gasteiger partial charge in [-0.3, -0.25) is 0 Å². The lowest BCUT2D eigenvalue weighted by molar-refractivity contribution is 0.625. The zero-order chi connectivity index (χ0) is 13.8. The lowest BCUT2D eigenvalue weighted by Gasteiger charge is -2.07. The van der Waals surface area contributed by atoms with Crippen molar-refractivity contribution in [2.24, 2.45) is 0 Å². The summed E-state index contributed by atoms with van der Waals surface area (Å²) in [5.74, 6) is 0.358. The number of halogens is 3. The minimum atomic E-state index is -0.255. The van der Waals surface area contributed by atoms with Crippen molar-refractivity contribution in [3.8, 4) is 0 Å². The predicted octanol–water partition coefficient (Wildman–Crippen LogP) is 4.57. The quantitative estimate of drug-likeness (QED) is 0.760. The molecule has 100 valence electrons. The average Bonchev–Trinajstić information content (AvgIpc) is 2.35. The summed E-state index contributed by atoms with van der Waals surface area (Å²) in [6.07, 6.45) is 2.28. The van der Waals surface area contributed by atoms with Gasteiger partial charge < -0.3 is 0 Å². The van der Waals surface area contributed by atoms with E-state index >= 15 is 0 Å². The minimum absolute atomic E-state index is 0.255. The van der Waals surface area contributed by atoms with Crippen LogP contribution in [0.4, 0.5) is 4.39 Å². The molecule has 2 rings (SSSR count). The van der Waals surface area contributed by atoms with Gasteiger partial charge in [0.05, 0.1) is 10.2 Å². The lowest BCUT2D eigenvalue weighted by atomic mass is 10.1. The third kappa shape index (κ3) is 3.74. The Bertz CT molecular complexity index is 590. The molecule has 1 heterocycles. The third-order valence-electron chi connectivity index (χ3n) is 2.66. The van der Waals surface area contributed by atoms with Crippen LogP contribution in [0.5, 0.6) is 0 Å². The number of hydrogen-bond donors (Lipinski definition) is 0. The predicted molar refractivity (Wildman–Crippen MR) is 77.9 cm³/mol. The smallest absolute Gasteiger partial charge is 0.147 e. The first-order chi connectivity index (χ1) is 9.10. The average molecular weight is 344 g/mol. The van der Waals surface area contributed by atoms with Crippen molar-refractivity contribution in [3.05, 3.63) is 56.8 Å². The number of aromatic nitrogens is 2. The zero-order valence-corrected chi connectivity index (χ0v) is 12.8. The Morgan fingerprint density at radius 2 is 2.11 bits per heavy atom. The molecule has 1 aromatic carbocycles. The SMILES string of the molecule is CCCc1nc(Cc2cccc(F)c2)nc(Cl)c1Br. The number of aryl methyl sites for hydroxylation is 1. The van der Waals surface area contributed by atoms with Crippen LogP contribution in [0.1, 0.15) is 30.4 Å². The molecule has 5 heteroatoms. The maximum atomic E-state index is 13.1. The molecule has 0 radical (unpaired) electrons. The van der Waals surface area contributed by atoms with E-state index < -0.39 is 0 Å². The highest BCUT2D eigenvalue weighted by molar-refractivity contribution is 9.10. The summed E-state index contributed by atoms with van der Waals surface area (Å²) in [4.78, 5) is 8.71. The minimum Gasteiger partial charge on any atom is -0.236 e. The third-order valence-corrected chi connectivity index (χ3v) is 4.00. The van der Waals surface area contributed by atoms with Crippen LogP contribution in [-0.4, -0.2) is 9.97 Å². The Hall–Kier alpha value is -1.00. The van der Waals surface area contributed by atoms with Crippen molar-refractivity contribution >= 4 is 27.5 Å². The van der Waals surface area contributed by atoms with Crippen LogP contribution < -0.4 is 0 Å². The summed E-state index contributed by atoms with van der Waals surface area (Å²) in [7, 11) is 0. The van der Waals surface area contributed by atoms with E-state index in [1.165, 1.54) is 12.1 Å². The van der Waals surface area contributed by atoms with E-state index in [-0.39, 0.29) is 5.82 Å². The summed E-state index contributed by atoms with van der Waals surface area (Å²) in [5.41, 5.74) is 1.73. The molecule has 2 nitrogen and oxygen atoms in total. The summed E-state index contributed by atoms with van der Waals surface area (Å²) >= 11 is 9.48. The molecule has 0 spiro atoms. The molecule has 0 fully saturated rings. The Labute approximate surface area is 125 Å². The molecule has 0 amide bonds. The highest BCUT2D eigenvalue weighted by Crippen LogP contribution is 2.25. The van der Waals surface area contributed by atoms with Crippen LogP contribution in [0, 0.1) is 5.82 Å². The largest absolute Gasteiger partial charge is 0.236 e. The molecular formula is C14H13BrClFN2. The first-order valence-corrected chi connectivity index (χ1v) is 7.22. The van der Waals surface area contributed by atoms with E-state index in [2.05, 4.69) is 32.8 Å². The monoisotopic (exact) mass is 342 g/mol. The van der Waals surface area contributed by atoms with E-state index in [1.807, 2.05) is 6.07 Å². The molecule has 0 saturated heterocycles. The van der Waals surface area contributed by atoms with Gasteiger partial charge in [0.1, 0.15) is 16.8 Å². The second-order valence-electron chi connectivity index (χ2n) is 4.25. The number of nitrogens with zero attached hydrogens (tertiary/aromatic N) is 2. The summed E-state index contributed by atoms with van der Waals surface area (Å²) < 4.78 is 13.9. The molecule has 0 bridgehead atoms. The van der Waals surface area contributed by atoms with Crippen LogP contribution in [0.25, 0.3) is 0 Å². The fraction of sp³-hybridized carbons (Fsp3) is 0.286. The van der Waals surface area contributed by atoms with Gasteiger partial charge >= 0.3 is 0 Å². The van der Waals surface area contributed by atoms with Gasteiger partial charge in [-0.25, -0.2) is 14.4 Å². The van der Waals surface area contributed by atoms with Crippen molar-refractivity contribution in [1.82, 2.24) is 9.97 Å². The Morgan fingerprint density at radius 3 is 2.79 bits per heavy atom. The zero-order valence-electron chi connectivity index (χ0n) is 10.5. The topological polar surface area (TPSA) is 25.8 Å². The normalized spacial score (nSPS) is 10.7. The highest BCUT2D eigenvalue weighted by atomic mass is 79.9. The van der Waals surface area contributed by atoms with Gasteiger partial charge in [-0.15, -0.1) is 0 Å². The molecule has 0 saturated carbocycles. The van der Waals surface area contributed by atoms with Gasteiger partial charge in [0.2, 0.25) is 0 Å². The number of rotatable bonds is 4. The highest BCUT2D eigenvalue weighted by Gasteiger charge is 2.10. The number of hydrogen-bond acceptors (Lipinski definition) is 2. The van der Waals surface area contributed by atoms with Gasteiger partial charge in [0.25, 0.3) is 0 Å². The fourth-order valence-corrected chi connectivity index (χ4v) is 2.40. The van der Waals surface area contributed by atoms with Crippen molar-refractivity contribution in [1.29, 1.82) is 0 Å². The van der Waals surface area contributed by atoms with E-state index in [0.717, 1.165) is 28.6 Å². The molecule has 0 aliphatic carbocycles. The second kappa shape index (κ2) is 6.44.